The molecular formula is C30H34N2O4. The van der Waals surface area contributed by atoms with E-state index in [4.69, 9.17) is 9.47 Å². The normalized spacial score (nSPS) is 12.9. The van der Waals surface area contributed by atoms with Crippen molar-refractivity contribution in [3.8, 4) is 5.75 Å². The van der Waals surface area contributed by atoms with Crippen molar-refractivity contribution in [1.82, 2.24) is 9.88 Å². The minimum atomic E-state index is -0.603. The van der Waals surface area contributed by atoms with Gasteiger partial charge in [-0.15, -0.1) is 0 Å². The Bertz CT molecular complexity index is 1250. The highest BCUT2D eigenvalue weighted by molar-refractivity contribution is 5.96. The number of ether oxygens (including phenoxy) is 2. The van der Waals surface area contributed by atoms with Crippen molar-refractivity contribution in [1.29, 1.82) is 0 Å². The molecule has 0 fully saturated rings. The van der Waals surface area contributed by atoms with Gasteiger partial charge in [-0.25, -0.2) is 4.79 Å². The van der Waals surface area contributed by atoms with Crippen molar-refractivity contribution in [2.75, 3.05) is 19.8 Å². The molecule has 0 bridgehead atoms. The molecule has 36 heavy (non-hydrogen) atoms. The molecule has 0 spiro atoms. The zero-order chi connectivity index (χ0) is 25.3. The van der Waals surface area contributed by atoms with Gasteiger partial charge in [0.05, 0.1) is 6.61 Å². The van der Waals surface area contributed by atoms with E-state index in [9.17, 15) is 9.90 Å². The van der Waals surface area contributed by atoms with E-state index in [1.54, 1.807) is 0 Å². The van der Waals surface area contributed by atoms with Crippen LogP contribution in [0.5, 0.6) is 5.75 Å². The third-order valence-corrected chi connectivity index (χ3v) is 6.06. The molecule has 4 aromatic rings. The summed E-state index contributed by atoms with van der Waals surface area (Å²) >= 11 is 0. The van der Waals surface area contributed by atoms with E-state index in [0.29, 0.717) is 25.4 Å². The molecule has 0 aliphatic heterocycles. The Balaban J connectivity index is 1.41. The Kier molecular flexibility index (Phi) is 8.76. The van der Waals surface area contributed by atoms with E-state index < -0.39 is 6.10 Å². The minimum absolute atomic E-state index is 0.157. The molecule has 0 amide bonds. The number of aromatic nitrogens is 1. The quantitative estimate of drug-likeness (QED) is 0.281. The first-order valence-corrected chi connectivity index (χ1v) is 12.5. The first-order chi connectivity index (χ1) is 17.5. The Labute approximate surface area is 212 Å². The second-order valence-corrected chi connectivity index (χ2v) is 9.01. The van der Waals surface area contributed by atoms with E-state index in [1.807, 2.05) is 66.1 Å². The maximum atomic E-state index is 12.7. The van der Waals surface area contributed by atoms with E-state index in [1.165, 1.54) is 0 Å². The lowest BCUT2D eigenvalue weighted by molar-refractivity contribution is 0.0515. The van der Waals surface area contributed by atoms with Crippen LogP contribution in [0.4, 0.5) is 0 Å². The second kappa shape index (κ2) is 12.4. The summed E-state index contributed by atoms with van der Waals surface area (Å²) in [4.78, 5) is 12.7. The third-order valence-electron chi connectivity index (χ3n) is 6.06. The maximum Gasteiger partial charge on any atom is 0.354 e. The van der Waals surface area contributed by atoms with Crippen LogP contribution >= 0.6 is 0 Å². The molecule has 4 rings (SSSR count). The van der Waals surface area contributed by atoms with Gasteiger partial charge in [0.1, 0.15) is 24.2 Å². The summed E-state index contributed by atoms with van der Waals surface area (Å²) in [6.45, 7) is 5.53. The third kappa shape index (κ3) is 6.74. The molecule has 3 aromatic carbocycles. The van der Waals surface area contributed by atoms with E-state index in [-0.39, 0.29) is 18.6 Å². The van der Waals surface area contributed by atoms with E-state index in [0.717, 1.165) is 34.2 Å². The molecule has 0 aliphatic carbocycles. The average molecular weight is 487 g/mol. The van der Waals surface area contributed by atoms with Gasteiger partial charge in [0, 0.05) is 30.0 Å². The molecular weight excluding hydrogens is 452 g/mol. The van der Waals surface area contributed by atoms with Gasteiger partial charge < -0.3 is 24.5 Å². The van der Waals surface area contributed by atoms with Crippen LogP contribution in [0.25, 0.3) is 10.9 Å². The Morgan fingerprint density at radius 2 is 1.69 bits per heavy atom. The fraction of sp³-hybridized carbons (Fsp3) is 0.300. The van der Waals surface area contributed by atoms with Crippen molar-refractivity contribution in [3.05, 3.63) is 102 Å². The van der Waals surface area contributed by atoms with Gasteiger partial charge in [-0.05, 0) is 61.7 Å². The number of esters is 1. The van der Waals surface area contributed by atoms with Crippen LogP contribution in [0.3, 0.4) is 0 Å². The number of carbonyl (C=O) groups is 1. The smallest absolute Gasteiger partial charge is 0.354 e. The molecule has 0 saturated heterocycles. The van der Waals surface area contributed by atoms with Gasteiger partial charge in [0.2, 0.25) is 0 Å². The molecule has 1 aromatic heterocycles. The lowest BCUT2D eigenvalue weighted by Crippen LogP contribution is -2.37. The van der Waals surface area contributed by atoms with Crippen molar-refractivity contribution in [2.24, 2.45) is 0 Å². The number of nitrogens with zero attached hydrogens (tertiary/aromatic N) is 1. The number of fused-ring (bicyclic) bond motifs is 1. The standard InChI is InChI=1S/C30H34N2O4/c1-3-35-30(34)29-18-25-17-24(14-15-28(25)32(29)20-23-10-6-4-7-11-23)16-22(2)31-19-26(33)21-36-27-12-8-5-9-13-27/h4-15,17-18,22,26,31,33H,3,16,19-21H2,1-2H3. The van der Waals surface area contributed by atoms with Gasteiger partial charge in [-0.3, -0.25) is 0 Å². The topological polar surface area (TPSA) is 72.7 Å². The number of para-hydroxylation sites is 1. The van der Waals surface area contributed by atoms with Gasteiger partial charge in [0.25, 0.3) is 0 Å². The number of benzene rings is 3. The number of hydrogen-bond donors (Lipinski definition) is 2. The van der Waals surface area contributed by atoms with Gasteiger partial charge in [-0.1, -0.05) is 54.6 Å². The number of carbonyl (C=O) groups excluding carboxylic acids is 1. The summed E-state index contributed by atoms with van der Waals surface area (Å²) in [6, 6.07) is 28.0. The fourth-order valence-corrected chi connectivity index (χ4v) is 4.29. The van der Waals surface area contributed by atoms with Crippen LogP contribution in [-0.4, -0.2) is 47.5 Å². The van der Waals surface area contributed by atoms with Crippen LogP contribution < -0.4 is 10.1 Å². The fourth-order valence-electron chi connectivity index (χ4n) is 4.29. The molecule has 0 saturated carbocycles. The summed E-state index contributed by atoms with van der Waals surface area (Å²) in [5.41, 5.74) is 3.84. The number of rotatable bonds is 12. The first kappa shape index (κ1) is 25.5. The summed E-state index contributed by atoms with van der Waals surface area (Å²) in [7, 11) is 0. The zero-order valence-corrected chi connectivity index (χ0v) is 20.9. The Morgan fingerprint density at radius 3 is 2.42 bits per heavy atom. The second-order valence-electron chi connectivity index (χ2n) is 9.01. The first-order valence-electron chi connectivity index (χ1n) is 12.5. The molecule has 188 valence electrons. The number of nitrogens with one attached hydrogen (secondary N) is 1. The molecule has 2 N–H and O–H groups in total. The monoisotopic (exact) mass is 486 g/mol. The number of aliphatic hydroxyl groups is 1. The Morgan fingerprint density at radius 1 is 0.972 bits per heavy atom. The van der Waals surface area contributed by atoms with Crippen LogP contribution in [0, 0.1) is 0 Å². The van der Waals surface area contributed by atoms with Gasteiger partial charge in [-0.2, -0.15) is 0 Å². The largest absolute Gasteiger partial charge is 0.491 e. The lowest BCUT2D eigenvalue weighted by Gasteiger charge is -2.18. The highest BCUT2D eigenvalue weighted by atomic mass is 16.5. The molecule has 1 heterocycles. The van der Waals surface area contributed by atoms with Crippen molar-refractivity contribution >= 4 is 16.9 Å². The van der Waals surface area contributed by atoms with Gasteiger partial charge >= 0.3 is 5.97 Å². The van der Waals surface area contributed by atoms with Crippen LogP contribution in [0.1, 0.15) is 35.5 Å². The lowest BCUT2D eigenvalue weighted by atomic mass is 10.0. The summed E-state index contributed by atoms with van der Waals surface area (Å²) in [5, 5.41) is 14.7. The highest BCUT2D eigenvalue weighted by Gasteiger charge is 2.18. The minimum Gasteiger partial charge on any atom is -0.491 e. The number of hydrogen-bond acceptors (Lipinski definition) is 5. The molecule has 2 unspecified atom stereocenters. The Hall–Kier alpha value is -3.61. The van der Waals surface area contributed by atoms with Crippen molar-refractivity contribution < 1.29 is 19.4 Å². The van der Waals surface area contributed by atoms with Crippen molar-refractivity contribution in [3.63, 3.8) is 0 Å². The van der Waals surface area contributed by atoms with E-state index >= 15 is 0 Å². The maximum absolute atomic E-state index is 12.7. The van der Waals surface area contributed by atoms with Crippen molar-refractivity contribution in [2.45, 2.75) is 39.0 Å². The highest BCUT2D eigenvalue weighted by Crippen LogP contribution is 2.24. The van der Waals surface area contributed by atoms with Crippen LogP contribution in [0.2, 0.25) is 0 Å². The average Bonchev–Trinajstić information content (AvgIpc) is 3.25. The molecule has 6 nitrogen and oxygen atoms in total. The summed E-state index contributed by atoms with van der Waals surface area (Å²) in [6.07, 6.45) is 0.190. The number of aliphatic hydroxyl groups excluding tert-OH is 1. The van der Waals surface area contributed by atoms with Crippen LogP contribution in [0.15, 0.2) is 84.9 Å². The molecule has 6 heteroatoms. The predicted molar refractivity (Wildman–Crippen MR) is 143 cm³/mol. The SMILES string of the molecule is CCOC(=O)c1cc2cc(CC(C)NCC(O)COc3ccccc3)ccc2n1Cc1ccccc1. The zero-order valence-electron chi connectivity index (χ0n) is 20.9. The predicted octanol–water partition coefficient (Wildman–Crippen LogP) is 4.83. The summed E-state index contributed by atoms with van der Waals surface area (Å²) in [5.74, 6) is 0.437. The summed E-state index contributed by atoms with van der Waals surface area (Å²) < 4.78 is 13.0. The molecule has 0 aliphatic rings. The van der Waals surface area contributed by atoms with Gasteiger partial charge in [0.15, 0.2) is 0 Å². The molecule has 2 atom stereocenters. The van der Waals surface area contributed by atoms with Crippen LogP contribution in [-0.2, 0) is 17.7 Å². The molecule has 0 radical (unpaired) electrons. The van der Waals surface area contributed by atoms with E-state index in [2.05, 4.69) is 42.6 Å².